The molecule has 2 fully saturated rings. The highest BCUT2D eigenvalue weighted by molar-refractivity contribution is 7.91. The molecule has 2 aliphatic heterocycles. The first-order valence-corrected chi connectivity index (χ1v) is 7.95. The average molecular weight is 246 g/mol. The number of likely N-dealkylation sites (N-methyl/N-ethyl adjacent to an activating group) is 1. The summed E-state index contributed by atoms with van der Waals surface area (Å²) in [6.45, 7) is 3.33. The fourth-order valence-electron chi connectivity index (χ4n) is 2.70. The van der Waals surface area contributed by atoms with E-state index in [0.29, 0.717) is 29.6 Å². The summed E-state index contributed by atoms with van der Waals surface area (Å²) in [7, 11) is -0.571. The number of hydrogen-bond donors (Lipinski definition) is 1. The third kappa shape index (κ3) is 2.96. The van der Waals surface area contributed by atoms with E-state index in [1.54, 1.807) is 0 Å². The second-order valence-corrected chi connectivity index (χ2v) is 7.62. The van der Waals surface area contributed by atoms with E-state index in [9.17, 15) is 8.42 Å². The maximum Gasteiger partial charge on any atom is 0.150 e. The Morgan fingerprint density at radius 1 is 1.19 bits per heavy atom. The molecular weight excluding hydrogens is 224 g/mol. The molecule has 0 amide bonds. The quantitative estimate of drug-likeness (QED) is 0.758. The normalized spacial score (nSPS) is 36.6. The third-order valence-electron chi connectivity index (χ3n) is 3.91. The molecule has 2 atom stereocenters. The highest BCUT2D eigenvalue weighted by atomic mass is 32.2. The summed E-state index contributed by atoms with van der Waals surface area (Å²) in [5.41, 5.74) is 0. The minimum Gasteiger partial charge on any atom is -0.310 e. The van der Waals surface area contributed by atoms with E-state index < -0.39 is 9.84 Å². The van der Waals surface area contributed by atoms with Gasteiger partial charge in [-0.1, -0.05) is 0 Å². The molecule has 2 unspecified atom stereocenters. The Morgan fingerprint density at radius 2 is 1.81 bits per heavy atom. The summed E-state index contributed by atoms with van der Waals surface area (Å²) < 4.78 is 22.6. The maximum atomic E-state index is 11.3. The van der Waals surface area contributed by atoms with Crippen LogP contribution in [-0.4, -0.2) is 56.5 Å². The lowest BCUT2D eigenvalue weighted by Crippen LogP contribution is -2.44. The number of sulfone groups is 1. The Bertz CT molecular complexity index is 318. The van der Waals surface area contributed by atoms with E-state index >= 15 is 0 Å². The second kappa shape index (κ2) is 4.63. The summed E-state index contributed by atoms with van der Waals surface area (Å²) in [6, 6.07) is 1.60. The molecule has 0 radical (unpaired) electrons. The molecule has 1 N–H and O–H groups in total. The van der Waals surface area contributed by atoms with Crippen molar-refractivity contribution < 1.29 is 8.42 Å². The summed E-state index contributed by atoms with van der Waals surface area (Å²) in [5, 5.41) is 3.61. The number of likely N-dealkylation sites (tertiary alicyclic amines) is 1. The maximum absolute atomic E-state index is 11.3. The number of rotatable bonds is 2. The van der Waals surface area contributed by atoms with Crippen molar-refractivity contribution in [2.24, 2.45) is 0 Å². The van der Waals surface area contributed by atoms with Gasteiger partial charge in [-0.2, -0.15) is 0 Å². The Balaban J connectivity index is 1.80. The van der Waals surface area contributed by atoms with Crippen LogP contribution in [0.2, 0.25) is 0 Å². The molecule has 2 heterocycles. The molecule has 5 heteroatoms. The first-order valence-electron chi connectivity index (χ1n) is 6.13. The van der Waals surface area contributed by atoms with Crippen molar-refractivity contribution in [1.82, 2.24) is 10.2 Å². The van der Waals surface area contributed by atoms with Gasteiger partial charge in [0, 0.05) is 24.7 Å². The van der Waals surface area contributed by atoms with Gasteiger partial charge in [0.1, 0.15) is 9.84 Å². The van der Waals surface area contributed by atoms with E-state index in [0.717, 1.165) is 19.4 Å². The summed E-state index contributed by atoms with van der Waals surface area (Å²) in [5.74, 6) is 0.728. The number of nitrogens with zero attached hydrogens (tertiary/aromatic N) is 1. The summed E-state index contributed by atoms with van der Waals surface area (Å²) in [4.78, 5) is 2.36. The van der Waals surface area contributed by atoms with Gasteiger partial charge in [0.2, 0.25) is 0 Å². The van der Waals surface area contributed by atoms with Crippen LogP contribution >= 0.6 is 0 Å². The van der Waals surface area contributed by atoms with E-state index in [1.807, 2.05) is 0 Å². The van der Waals surface area contributed by atoms with Crippen LogP contribution in [0.3, 0.4) is 0 Å². The zero-order valence-electron chi connectivity index (χ0n) is 10.1. The van der Waals surface area contributed by atoms with Crippen molar-refractivity contribution in [3.63, 3.8) is 0 Å². The van der Waals surface area contributed by atoms with Crippen LogP contribution in [0, 0.1) is 0 Å². The summed E-state index contributed by atoms with van der Waals surface area (Å²) >= 11 is 0. The zero-order valence-corrected chi connectivity index (χ0v) is 11.0. The smallest absolute Gasteiger partial charge is 0.150 e. The van der Waals surface area contributed by atoms with E-state index in [2.05, 4.69) is 24.2 Å². The van der Waals surface area contributed by atoms with Crippen molar-refractivity contribution in [2.75, 3.05) is 25.1 Å². The van der Waals surface area contributed by atoms with Crippen molar-refractivity contribution in [1.29, 1.82) is 0 Å². The molecular formula is C11H22N2O2S. The lowest BCUT2D eigenvalue weighted by Gasteiger charge is -2.26. The lowest BCUT2D eigenvalue weighted by atomic mass is 10.1. The Morgan fingerprint density at radius 3 is 2.31 bits per heavy atom. The van der Waals surface area contributed by atoms with Crippen LogP contribution in [0.5, 0.6) is 0 Å². The molecule has 0 saturated carbocycles. The number of nitrogens with one attached hydrogen (secondary N) is 1. The van der Waals surface area contributed by atoms with Gasteiger partial charge in [-0.15, -0.1) is 0 Å². The van der Waals surface area contributed by atoms with Gasteiger partial charge in [-0.25, -0.2) is 8.42 Å². The predicted molar refractivity (Wildman–Crippen MR) is 65.3 cm³/mol. The van der Waals surface area contributed by atoms with Crippen LogP contribution < -0.4 is 5.32 Å². The van der Waals surface area contributed by atoms with Gasteiger partial charge < -0.3 is 10.2 Å². The van der Waals surface area contributed by atoms with Gasteiger partial charge in [0.25, 0.3) is 0 Å². The third-order valence-corrected chi connectivity index (χ3v) is 5.63. The first-order chi connectivity index (χ1) is 7.46. The monoisotopic (exact) mass is 246 g/mol. The average Bonchev–Trinajstić information content (AvgIpc) is 2.50. The molecule has 0 aliphatic carbocycles. The molecule has 2 rings (SSSR count). The molecule has 0 aromatic heterocycles. The molecule has 94 valence electrons. The topological polar surface area (TPSA) is 49.4 Å². The summed E-state index contributed by atoms with van der Waals surface area (Å²) in [6.07, 6.45) is 2.76. The Labute approximate surface area is 98.3 Å². The Hall–Kier alpha value is -0.130. The highest BCUT2D eigenvalue weighted by Crippen LogP contribution is 2.18. The highest BCUT2D eigenvalue weighted by Gasteiger charge is 2.30. The SMILES string of the molecule is CC1CC(NC2CCS(=O)(=O)CC2)CN1C. The van der Waals surface area contributed by atoms with Crippen molar-refractivity contribution in [3.05, 3.63) is 0 Å². The molecule has 0 bridgehead atoms. The van der Waals surface area contributed by atoms with Crippen LogP contribution in [0.15, 0.2) is 0 Å². The fourth-order valence-corrected chi connectivity index (χ4v) is 4.20. The largest absolute Gasteiger partial charge is 0.310 e. The van der Waals surface area contributed by atoms with Crippen molar-refractivity contribution >= 4 is 9.84 Å². The van der Waals surface area contributed by atoms with Gasteiger partial charge in [0.15, 0.2) is 0 Å². The van der Waals surface area contributed by atoms with Crippen molar-refractivity contribution in [3.8, 4) is 0 Å². The molecule has 0 aromatic carbocycles. The standard InChI is InChI=1S/C11H22N2O2S/c1-9-7-11(8-13(9)2)12-10-3-5-16(14,15)6-4-10/h9-12H,3-8H2,1-2H3. The van der Waals surface area contributed by atoms with Crippen LogP contribution in [0.4, 0.5) is 0 Å². The van der Waals surface area contributed by atoms with E-state index in [1.165, 1.54) is 6.42 Å². The predicted octanol–water partition coefficient (Wildman–Crippen LogP) is 0.246. The molecule has 0 aromatic rings. The van der Waals surface area contributed by atoms with Crippen LogP contribution in [-0.2, 0) is 9.84 Å². The lowest BCUT2D eigenvalue weighted by molar-refractivity contribution is 0.322. The second-order valence-electron chi connectivity index (χ2n) is 5.31. The molecule has 4 nitrogen and oxygen atoms in total. The van der Waals surface area contributed by atoms with E-state index in [-0.39, 0.29) is 0 Å². The van der Waals surface area contributed by atoms with Gasteiger partial charge in [0.05, 0.1) is 11.5 Å². The van der Waals surface area contributed by atoms with Gasteiger partial charge >= 0.3 is 0 Å². The van der Waals surface area contributed by atoms with Crippen molar-refractivity contribution in [2.45, 2.75) is 44.3 Å². The molecule has 16 heavy (non-hydrogen) atoms. The molecule has 2 aliphatic rings. The van der Waals surface area contributed by atoms with Gasteiger partial charge in [-0.05, 0) is 33.2 Å². The first kappa shape index (κ1) is 12.3. The molecule has 0 spiro atoms. The van der Waals surface area contributed by atoms with Crippen LogP contribution in [0.1, 0.15) is 26.2 Å². The molecule has 2 saturated heterocycles. The minimum absolute atomic E-state index is 0.364. The number of hydrogen-bond acceptors (Lipinski definition) is 4. The fraction of sp³-hybridized carbons (Fsp3) is 1.00. The minimum atomic E-state index is -2.72. The van der Waals surface area contributed by atoms with E-state index in [4.69, 9.17) is 0 Å². The van der Waals surface area contributed by atoms with Crippen LogP contribution in [0.25, 0.3) is 0 Å². The van der Waals surface area contributed by atoms with Gasteiger partial charge in [-0.3, -0.25) is 0 Å². The zero-order chi connectivity index (χ0) is 11.8. The Kier molecular flexibility index (Phi) is 3.56.